The second kappa shape index (κ2) is 5.71. The molecule has 2 rings (SSSR count). The van der Waals surface area contributed by atoms with Gasteiger partial charge in [-0.2, -0.15) is 0 Å². The lowest BCUT2D eigenvalue weighted by atomic mass is 10.1. The van der Waals surface area contributed by atoms with Gasteiger partial charge in [0.2, 0.25) is 0 Å². The molecule has 19 heavy (non-hydrogen) atoms. The number of hydrogen-bond acceptors (Lipinski definition) is 5. The third kappa shape index (κ3) is 3.03. The number of nitro groups is 1. The van der Waals surface area contributed by atoms with Crippen LogP contribution in [0.2, 0.25) is 0 Å². The maximum atomic E-state index is 10.7. The average Bonchev–Trinajstić information content (AvgIpc) is 2.89. The molecule has 0 fully saturated rings. The van der Waals surface area contributed by atoms with Crippen LogP contribution in [0.4, 0.5) is 17.1 Å². The lowest BCUT2D eigenvalue weighted by molar-refractivity contribution is -0.383. The highest BCUT2D eigenvalue weighted by molar-refractivity contribution is 7.10. The minimum Gasteiger partial charge on any atom is -0.393 e. The van der Waals surface area contributed by atoms with Gasteiger partial charge < -0.3 is 11.1 Å². The molecule has 0 bridgehead atoms. The van der Waals surface area contributed by atoms with Crippen molar-refractivity contribution in [2.24, 2.45) is 0 Å². The smallest absolute Gasteiger partial charge is 0.292 e. The highest BCUT2D eigenvalue weighted by atomic mass is 32.1. The summed E-state index contributed by atoms with van der Waals surface area (Å²) in [4.78, 5) is 11.5. The SMILES string of the molecule is CCC(Nc1ccc([N+](=O)[O-])c(N)c1)c1cccs1. The summed E-state index contributed by atoms with van der Waals surface area (Å²) in [6, 6.07) is 8.99. The molecule has 0 amide bonds. The van der Waals surface area contributed by atoms with Gasteiger partial charge in [0.05, 0.1) is 11.0 Å². The molecule has 0 saturated carbocycles. The topological polar surface area (TPSA) is 81.2 Å². The molecular formula is C13H15N3O2S. The van der Waals surface area contributed by atoms with Gasteiger partial charge in [-0.05, 0) is 30.0 Å². The molecule has 1 atom stereocenters. The van der Waals surface area contributed by atoms with Crippen LogP contribution in [0.25, 0.3) is 0 Å². The van der Waals surface area contributed by atoms with Crippen molar-refractivity contribution >= 4 is 28.4 Å². The molecule has 100 valence electrons. The van der Waals surface area contributed by atoms with Crippen molar-refractivity contribution in [2.45, 2.75) is 19.4 Å². The van der Waals surface area contributed by atoms with Crippen LogP contribution in [-0.2, 0) is 0 Å². The molecule has 6 heteroatoms. The van der Waals surface area contributed by atoms with E-state index in [9.17, 15) is 10.1 Å². The molecule has 0 aliphatic heterocycles. The van der Waals surface area contributed by atoms with E-state index in [1.807, 2.05) is 11.4 Å². The minimum absolute atomic E-state index is 0.0604. The number of hydrogen-bond donors (Lipinski definition) is 2. The molecule has 5 nitrogen and oxygen atoms in total. The molecule has 1 unspecified atom stereocenters. The van der Waals surface area contributed by atoms with E-state index >= 15 is 0 Å². The second-order valence-corrected chi connectivity index (χ2v) is 5.13. The van der Waals surface area contributed by atoms with E-state index < -0.39 is 4.92 Å². The monoisotopic (exact) mass is 277 g/mol. The second-order valence-electron chi connectivity index (χ2n) is 4.15. The van der Waals surface area contributed by atoms with Gasteiger partial charge in [0, 0.05) is 16.6 Å². The van der Waals surface area contributed by atoms with Gasteiger partial charge in [-0.25, -0.2) is 0 Å². The summed E-state index contributed by atoms with van der Waals surface area (Å²) in [5, 5.41) is 16.1. The third-order valence-corrected chi connectivity index (χ3v) is 3.85. The Labute approximate surface area is 115 Å². The van der Waals surface area contributed by atoms with E-state index in [1.54, 1.807) is 23.5 Å². The number of rotatable bonds is 5. The Kier molecular flexibility index (Phi) is 4.01. The number of anilines is 2. The van der Waals surface area contributed by atoms with E-state index in [2.05, 4.69) is 18.3 Å². The fourth-order valence-electron chi connectivity index (χ4n) is 1.88. The van der Waals surface area contributed by atoms with Gasteiger partial charge in [-0.1, -0.05) is 13.0 Å². The summed E-state index contributed by atoms with van der Waals surface area (Å²) in [6.45, 7) is 2.09. The van der Waals surface area contributed by atoms with Crippen LogP contribution < -0.4 is 11.1 Å². The molecule has 2 aromatic rings. The number of nitrogens with two attached hydrogens (primary N) is 1. The van der Waals surface area contributed by atoms with Crippen LogP contribution in [0.1, 0.15) is 24.3 Å². The van der Waals surface area contributed by atoms with Crippen molar-refractivity contribution in [1.82, 2.24) is 0 Å². The molecular weight excluding hydrogens is 262 g/mol. The van der Waals surface area contributed by atoms with Crippen LogP contribution >= 0.6 is 11.3 Å². The fourth-order valence-corrected chi connectivity index (χ4v) is 2.74. The summed E-state index contributed by atoms with van der Waals surface area (Å²) < 4.78 is 0. The van der Waals surface area contributed by atoms with Crippen molar-refractivity contribution in [1.29, 1.82) is 0 Å². The zero-order valence-electron chi connectivity index (χ0n) is 10.5. The van der Waals surface area contributed by atoms with Crippen molar-refractivity contribution in [3.63, 3.8) is 0 Å². The molecule has 0 aliphatic rings. The van der Waals surface area contributed by atoms with Crippen molar-refractivity contribution in [3.05, 3.63) is 50.7 Å². The zero-order chi connectivity index (χ0) is 13.8. The Bertz CT molecular complexity index is 569. The predicted molar refractivity (Wildman–Crippen MR) is 78.5 cm³/mol. The standard InChI is InChI=1S/C13H15N3O2S/c1-2-11(13-4-3-7-19-13)15-9-5-6-12(16(17)18)10(14)8-9/h3-8,11,15H,2,14H2,1H3. The lowest BCUT2D eigenvalue weighted by Crippen LogP contribution is -2.08. The number of nitrogen functional groups attached to an aromatic ring is 1. The van der Waals surface area contributed by atoms with Crippen molar-refractivity contribution in [2.75, 3.05) is 11.1 Å². The number of nitrogens with one attached hydrogen (secondary N) is 1. The Morgan fingerprint density at radius 3 is 2.79 bits per heavy atom. The Morgan fingerprint density at radius 1 is 1.47 bits per heavy atom. The van der Waals surface area contributed by atoms with Gasteiger partial charge in [-0.15, -0.1) is 11.3 Å². The first-order valence-electron chi connectivity index (χ1n) is 5.95. The maximum Gasteiger partial charge on any atom is 0.292 e. The van der Waals surface area contributed by atoms with Crippen molar-refractivity contribution in [3.8, 4) is 0 Å². The van der Waals surface area contributed by atoms with Crippen LogP contribution in [0.3, 0.4) is 0 Å². The summed E-state index contributed by atoms with van der Waals surface area (Å²) in [6.07, 6.45) is 0.928. The van der Waals surface area contributed by atoms with Crippen LogP contribution in [0.15, 0.2) is 35.7 Å². The molecule has 0 aliphatic carbocycles. The predicted octanol–water partition coefficient (Wildman–Crippen LogP) is 3.80. The number of nitro benzene ring substituents is 1. The normalized spacial score (nSPS) is 12.1. The Morgan fingerprint density at radius 2 is 2.26 bits per heavy atom. The largest absolute Gasteiger partial charge is 0.393 e. The molecule has 0 spiro atoms. The van der Waals surface area contributed by atoms with Crippen LogP contribution in [-0.4, -0.2) is 4.92 Å². The first kappa shape index (κ1) is 13.4. The molecule has 1 heterocycles. The first-order valence-corrected chi connectivity index (χ1v) is 6.83. The zero-order valence-corrected chi connectivity index (χ0v) is 11.3. The maximum absolute atomic E-state index is 10.7. The van der Waals surface area contributed by atoms with Gasteiger partial charge >= 0.3 is 0 Å². The Balaban J connectivity index is 2.19. The van der Waals surface area contributed by atoms with Gasteiger partial charge in [0.25, 0.3) is 5.69 Å². The van der Waals surface area contributed by atoms with Crippen molar-refractivity contribution < 1.29 is 4.92 Å². The number of thiophene rings is 1. The molecule has 1 aromatic heterocycles. The van der Waals surface area contributed by atoms with E-state index in [4.69, 9.17) is 5.73 Å². The summed E-state index contributed by atoms with van der Waals surface area (Å²) in [5.74, 6) is 0. The minimum atomic E-state index is -0.477. The van der Waals surface area contributed by atoms with E-state index in [0.717, 1.165) is 12.1 Å². The molecule has 1 aromatic carbocycles. The number of benzene rings is 1. The number of nitrogens with zero attached hydrogens (tertiary/aromatic N) is 1. The molecule has 3 N–H and O–H groups in total. The quantitative estimate of drug-likeness (QED) is 0.495. The van der Waals surface area contributed by atoms with Crippen LogP contribution in [0.5, 0.6) is 0 Å². The first-order chi connectivity index (χ1) is 9.11. The van der Waals surface area contributed by atoms with Crippen LogP contribution in [0, 0.1) is 10.1 Å². The van der Waals surface area contributed by atoms with Gasteiger partial charge in [-0.3, -0.25) is 10.1 Å². The molecule has 0 saturated heterocycles. The van der Waals surface area contributed by atoms with Gasteiger partial charge in [0.1, 0.15) is 5.69 Å². The van der Waals surface area contributed by atoms with E-state index in [1.165, 1.54) is 10.9 Å². The fraction of sp³-hybridized carbons (Fsp3) is 0.231. The Hall–Kier alpha value is -2.08. The highest BCUT2D eigenvalue weighted by Gasteiger charge is 2.14. The summed E-state index contributed by atoms with van der Waals surface area (Å²) in [7, 11) is 0. The highest BCUT2D eigenvalue weighted by Crippen LogP contribution is 2.29. The lowest BCUT2D eigenvalue weighted by Gasteiger charge is -2.17. The van der Waals surface area contributed by atoms with Gasteiger partial charge in [0.15, 0.2) is 0 Å². The van der Waals surface area contributed by atoms with E-state index in [-0.39, 0.29) is 17.4 Å². The molecule has 0 radical (unpaired) electrons. The summed E-state index contributed by atoms with van der Waals surface area (Å²) in [5.41, 5.74) is 6.59. The summed E-state index contributed by atoms with van der Waals surface area (Å²) >= 11 is 1.69. The van der Waals surface area contributed by atoms with E-state index in [0.29, 0.717) is 0 Å². The average molecular weight is 277 g/mol. The third-order valence-electron chi connectivity index (χ3n) is 2.86.